The molecule has 8 nitrogen and oxygen atoms in total. The summed E-state index contributed by atoms with van der Waals surface area (Å²) >= 11 is 1.39. The van der Waals surface area contributed by atoms with Crippen LogP contribution >= 0.6 is 11.8 Å². The number of nitrogen functional groups attached to an aromatic ring is 2. The molecule has 0 saturated heterocycles. The van der Waals surface area contributed by atoms with E-state index in [4.69, 9.17) is 17.2 Å². The Balaban J connectivity index is 2.43. The Morgan fingerprint density at radius 1 is 1.35 bits per heavy atom. The van der Waals surface area contributed by atoms with E-state index in [1.165, 1.54) is 18.9 Å². The third-order valence-corrected chi connectivity index (χ3v) is 2.81. The number of ether oxygens (including phenoxy) is 1. The normalized spacial score (nSPS) is 12.1. The lowest BCUT2D eigenvalue weighted by atomic mass is 10.4. The van der Waals surface area contributed by atoms with Crippen molar-refractivity contribution in [2.75, 3.05) is 24.3 Å². The van der Waals surface area contributed by atoms with E-state index in [0.717, 1.165) is 0 Å². The van der Waals surface area contributed by atoms with Gasteiger partial charge in [0.1, 0.15) is 11.9 Å². The van der Waals surface area contributed by atoms with Gasteiger partial charge in [-0.2, -0.15) is 26.7 Å². The highest BCUT2D eigenvalue weighted by Crippen LogP contribution is 2.11. The molecule has 9 heteroatoms. The minimum absolute atomic E-state index is 0.0744. The van der Waals surface area contributed by atoms with Gasteiger partial charge in [0.15, 0.2) is 0 Å². The fourth-order valence-electron chi connectivity index (χ4n) is 1.02. The van der Waals surface area contributed by atoms with Crippen molar-refractivity contribution in [3.8, 4) is 0 Å². The average Bonchev–Trinajstić information content (AvgIpc) is 2.26. The van der Waals surface area contributed by atoms with Gasteiger partial charge in [0.25, 0.3) is 0 Å². The van der Waals surface area contributed by atoms with Gasteiger partial charge in [-0.25, -0.2) is 0 Å². The highest BCUT2D eigenvalue weighted by Gasteiger charge is 2.13. The van der Waals surface area contributed by atoms with Crippen LogP contribution in [0.2, 0.25) is 0 Å². The SMILES string of the molecule is COC(=O)C(N)CSCc1nc(N)nc(N)n1. The van der Waals surface area contributed by atoms with Crippen molar-refractivity contribution in [1.82, 2.24) is 15.0 Å². The largest absolute Gasteiger partial charge is 0.468 e. The van der Waals surface area contributed by atoms with Crippen LogP contribution in [0.3, 0.4) is 0 Å². The number of nitrogens with two attached hydrogens (primary N) is 3. The van der Waals surface area contributed by atoms with Crippen LogP contribution in [-0.4, -0.2) is 39.8 Å². The average molecular weight is 258 g/mol. The van der Waals surface area contributed by atoms with Crippen molar-refractivity contribution >= 4 is 29.6 Å². The van der Waals surface area contributed by atoms with E-state index < -0.39 is 12.0 Å². The van der Waals surface area contributed by atoms with Gasteiger partial charge in [0, 0.05) is 5.75 Å². The lowest BCUT2D eigenvalue weighted by molar-refractivity contribution is -0.141. The summed E-state index contributed by atoms with van der Waals surface area (Å²) in [4.78, 5) is 22.5. The molecular weight excluding hydrogens is 244 g/mol. The van der Waals surface area contributed by atoms with Crippen LogP contribution in [0.5, 0.6) is 0 Å². The van der Waals surface area contributed by atoms with Crippen molar-refractivity contribution in [1.29, 1.82) is 0 Å². The van der Waals surface area contributed by atoms with E-state index >= 15 is 0 Å². The molecule has 1 heterocycles. The first-order valence-corrected chi connectivity index (χ1v) is 5.85. The maximum absolute atomic E-state index is 11.0. The van der Waals surface area contributed by atoms with Crippen molar-refractivity contribution in [3.63, 3.8) is 0 Å². The summed E-state index contributed by atoms with van der Waals surface area (Å²) in [6.45, 7) is 0. The zero-order chi connectivity index (χ0) is 12.8. The first-order chi connectivity index (χ1) is 8.02. The molecule has 0 radical (unpaired) electrons. The third kappa shape index (κ3) is 4.41. The van der Waals surface area contributed by atoms with E-state index in [1.807, 2.05) is 0 Å². The number of hydrogen-bond acceptors (Lipinski definition) is 9. The number of anilines is 2. The molecule has 0 aliphatic heterocycles. The zero-order valence-electron chi connectivity index (χ0n) is 9.29. The molecule has 0 fully saturated rings. The lowest BCUT2D eigenvalue weighted by Crippen LogP contribution is -2.33. The molecule has 0 aromatic carbocycles. The minimum Gasteiger partial charge on any atom is -0.468 e. The topological polar surface area (TPSA) is 143 Å². The molecule has 0 saturated carbocycles. The number of methoxy groups -OCH3 is 1. The Bertz CT molecular complexity index is 381. The standard InChI is InChI=1S/C8H14N6O2S/c1-16-6(15)4(9)2-17-3-5-12-7(10)14-8(11)13-5/h4H,2-3,9H2,1H3,(H4,10,11,12,13,14). The highest BCUT2D eigenvalue weighted by molar-refractivity contribution is 7.98. The van der Waals surface area contributed by atoms with Crippen molar-refractivity contribution in [3.05, 3.63) is 5.82 Å². The van der Waals surface area contributed by atoms with E-state index in [9.17, 15) is 4.79 Å². The summed E-state index contributed by atoms with van der Waals surface area (Å²) in [5.41, 5.74) is 16.4. The summed E-state index contributed by atoms with van der Waals surface area (Å²) in [5, 5.41) is 0. The Morgan fingerprint density at radius 3 is 2.47 bits per heavy atom. The minimum atomic E-state index is -0.665. The van der Waals surface area contributed by atoms with E-state index in [-0.39, 0.29) is 11.9 Å². The molecule has 6 N–H and O–H groups in total. The van der Waals surface area contributed by atoms with E-state index in [1.54, 1.807) is 0 Å². The molecule has 17 heavy (non-hydrogen) atoms. The third-order valence-electron chi connectivity index (χ3n) is 1.75. The number of thioether (sulfide) groups is 1. The van der Waals surface area contributed by atoms with Gasteiger partial charge in [-0.05, 0) is 0 Å². The monoisotopic (exact) mass is 258 g/mol. The molecule has 94 valence electrons. The molecule has 0 bridgehead atoms. The summed E-state index contributed by atoms with van der Waals surface area (Å²) in [5.74, 6) is 1.000. The molecule has 0 aliphatic carbocycles. The van der Waals surface area contributed by atoms with Gasteiger partial charge in [0.2, 0.25) is 11.9 Å². The second-order valence-electron chi connectivity index (χ2n) is 3.11. The van der Waals surface area contributed by atoms with Crippen LogP contribution < -0.4 is 17.2 Å². The Labute approximate surface area is 102 Å². The van der Waals surface area contributed by atoms with Crippen molar-refractivity contribution < 1.29 is 9.53 Å². The molecule has 0 aliphatic rings. The number of rotatable bonds is 5. The van der Waals surface area contributed by atoms with Gasteiger partial charge >= 0.3 is 5.97 Å². The number of hydrogen-bond donors (Lipinski definition) is 3. The van der Waals surface area contributed by atoms with Crippen LogP contribution in [0.25, 0.3) is 0 Å². The molecule has 1 atom stereocenters. The molecule has 1 unspecified atom stereocenters. The number of nitrogens with zero attached hydrogens (tertiary/aromatic N) is 3. The number of aromatic nitrogens is 3. The molecular formula is C8H14N6O2S. The molecule has 0 spiro atoms. The van der Waals surface area contributed by atoms with Crippen LogP contribution in [-0.2, 0) is 15.3 Å². The van der Waals surface area contributed by atoms with Crippen LogP contribution in [0.4, 0.5) is 11.9 Å². The van der Waals surface area contributed by atoms with Gasteiger partial charge in [-0.15, -0.1) is 0 Å². The van der Waals surface area contributed by atoms with E-state index in [0.29, 0.717) is 17.3 Å². The Kier molecular flexibility index (Phi) is 4.91. The van der Waals surface area contributed by atoms with E-state index in [2.05, 4.69) is 19.7 Å². The zero-order valence-corrected chi connectivity index (χ0v) is 10.1. The molecule has 0 amide bonds. The fourth-order valence-corrected chi connectivity index (χ4v) is 1.84. The quantitative estimate of drug-likeness (QED) is 0.553. The second-order valence-corrected chi connectivity index (χ2v) is 4.14. The highest BCUT2D eigenvalue weighted by atomic mass is 32.2. The smallest absolute Gasteiger partial charge is 0.323 e. The van der Waals surface area contributed by atoms with Gasteiger partial charge in [-0.1, -0.05) is 0 Å². The fraction of sp³-hybridized carbons (Fsp3) is 0.500. The summed E-state index contributed by atoms with van der Waals surface area (Å²) in [7, 11) is 1.29. The van der Waals surface area contributed by atoms with Crippen molar-refractivity contribution in [2.45, 2.75) is 11.8 Å². The molecule has 1 aromatic rings. The predicted molar refractivity (Wildman–Crippen MR) is 64.8 cm³/mol. The Morgan fingerprint density at radius 2 is 1.94 bits per heavy atom. The van der Waals surface area contributed by atoms with Gasteiger partial charge < -0.3 is 21.9 Å². The second kappa shape index (κ2) is 6.21. The maximum atomic E-state index is 11.0. The first-order valence-electron chi connectivity index (χ1n) is 4.70. The predicted octanol–water partition coefficient (Wildman–Crippen LogP) is -1.23. The Hall–Kier alpha value is -1.61. The van der Waals surface area contributed by atoms with Gasteiger partial charge in [0.05, 0.1) is 12.9 Å². The summed E-state index contributed by atoms with van der Waals surface area (Å²) < 4.78 is 4.49. The number of carbonyl (C=O) groups is 1. The lowest BCUT2D eigenvalue weighted by Gasteiger charge is -2.08. The van der Waals surface area contributed by atoms with Crippen molar-refractivity contribution in [2.24, 2.45) is 5.73 Å². The van der Waals surface area contributed by atoms with Crippen LogP contribution in [0, 0.1) is 0 Å². The van der Waals surface area contributed by atoms with Crippen LogP contribution in [0.1, 0.15) is 5.82 Å². The molecule has 1 rings (SSSR count). The first kappa shape index (κ1) is 13.5. The van der Waals surface area contributed by atoms with Gasteiger partial charge in [-0.3, -0.25) is 4.79 Å². The summed E-state index contributed by atoms with van der Waals surface area (Å²) in [6.07, 6.45) is 0. The maximum Gasteiger partial charge on any atom is 0.323 e. The molecule has 1 aromatic heterocycles. The van der Waals surface area contributed by atoms with Crippen LogP contribution in [0.15, 0.2) is 0 Å². The summed E-state index contributed by atoms with van der Waals surface area (Å²) in [6, 6.07) is -0.665. The number of esters is 1. The number of carbonyl (C=O) groups excluding carboxylic acids is 1.